The molecule has 10 heteroatoms. The number of benzene rings is 2. The monoisotopic (exact) mass is 610 g/mol. The van der Waals surface area contributed by atoms with Gasteiger partial charge in [0.1, 0.15) is 6.33 Å². The van der Waals surface area contributed by atoms with Gasteiger partial charge in [0.05, 0.1) is 35.6 Å². The lowest BCUT2D eigenvalue weighted by atomic mass is 9.90. The van der Waals surface area contributed by atoms with E-state index in [1.165, 1.54) is 6.33 Å². The minimum atomic E-state index is -0.916. The minimum Gasteiger partial charge on any atom is -0.388 e. The maximum atomic E-state index is 14.5. The summed E-state index contributed by atoms with van der Waals surface area (Å²) in [6, 6.07) is 16.2. The van der Waals surface area contributed by atoms with Crippen LogP contribution in [0.5, 0.6) is 0 Å². The Kier molecular flexibility index (Phi) is 8.70. The predicted octanol–water partition coefficient (Wildman–Crippen LogP) is 4.99. The first-order valence-corrected chi connectivity index (χ1v) is 16.0. The highest BCUT2D eigenvalue weighted by molar-refractivity contribution is 6.16. The number of carbonyl (C=O) groups excluding carboxylic acids is 1. The van der Waals surface area contributed by atoms with Crippen molar-refractivity contribution in [3.8, 4) is 11.1 Å². The zero-order chi connectivity index (χ0) is 31.7. The largest absolute Gasteiger partial charge is 0.388 e. The molecule has 0 spiro atoms. The molecule has 3 heterocycles. The molecule has 1 aliphatic carbocycles. The summed E-state index contributed by atoms with van der Waals surface area (Å²) in [4.78, 5) is 31.2. The van der Waals surface area contributed by atoms with Gasteiger partial charge in [-0.3, -0.25) is 14.2 Å². The summed E-state index contributed by atoms with van der Waals surface area (Å²) >= 11 is 0. The maximum absolute atomic E-state index is 14.5. The Morgan fingerprint density at radius 2 is 1.82 bits per heavy atom. The zero-order valence-corrected chi connectivity index (χ0v) is 26.5. The summed E-state index contributed by atoms with van der Waals surface area (Å²) in [6.07, 6.45) is 6.60. The Bertz CT molecular complexity index is 1780. The van der Waals surface area contributed by atoms with E-state index in [4.69, 9.17) is 4.74 Å². The lowest BCUT2D eigenvalue weighted by molar-refractivity contribution is -0.119. The molecule has 6 rings (SSSR count). The first-order chi connectivity index (χ1) is 21.6. The van der Waals surface area contributed by atoms with Crippen molar-refractivity contribution in [2.24, 2.45) is 5.10 Å². The van der Waals surface area contributed by atoms with E-state index in [9.17, 15) is 14.7 Å². The van der Waals surface area contributed by atoms with Crippen LogP contribution in [0.3, 0.4) is 0 Å². The third-order valence-corrected chi connectivity index (χ3v) is 9.22. The molecule has 0 radical (unpaired) electrons. The van der Waals surface area contributed by atoms with Crippen molar-refractivity contribution in [1.82, 2.24) is 24.6 Å². The van der Waals surface area contributed by atoms with E-state index in [2.05, 4.69) is 45.7 Å². The molecule has 45 heavy (non-hydrogen) atoms. The van der Waals surface area contributed by atoms with Crippen LogP contribution in [-0.2, 0) is 22.4 Å². The fourth-order valence-electron chi connectivity index (χ4n) is 6.50. The predicted molar refractivity (Wildman–Crippen MR) is 173 cm³/mol. The average Bonchev–Trinajstić information content (AvgIpc) is 3.69. The lowest BCUT2D eigenvalue weighted by Gasteiger charge is -2.35. The van der Waals surface area contributed by atoms with E-state index < -0.39 is 5.60 Å². The van der Waals surface area contributed by atoms with E-state index in [-0.39, 0.29) is 36.1 Å². The number of hydrazone groups is 1. The summed E-state index contributed by atoms with van der Waals surface area (Å²) in [5.41, 5.74) is 7.80. The molecule has 2 aromatic heterocycles. The molecule has 4 aromatic rings. The number of hydrogen-bond donors (Lipinski definition) is 2. The maximum Gasteiger partial charge on any atom is 0.259 e. The molecular weight excluding hydrogens is 568 g/mol. The molecule has 10 nitrogen and oxygen atoms in total. The first kappa shape index (κ1) is 30.9. The number of carbonyl (C=O) groups is 1. The quantitative estimate of drug-likeness (QED) is 0.261. The van der Waals surface area contributed by atoms with E-state index in [0.717, 1.165) is 60.1 Å². The molecule has 236 valence electrons. The summed E-state index contributed by atoms with van der Waals surface area (Å²) in [5, 5.41) is 19.3. The molecule has 2 N–H and O–H groups in total. The Morgan fingerprint density at radius 1 is 1.07 bits per heavy atom. The van der Waals surface area contributed by atoms with Crippen molar-refractivity contribution in [3.63, 3.8) is 0 Å². The van der Waals surface area contributed by atoms with Gasteiger partial charge in [0.2, 0.25) is 11.7 Å². The van der Waals surface area contributed by atoms with E-state index in [1.807, 2.05) is 46.3 Å². The molecule has 1 saturated carbocycles. The van der Waals surface area contributed by atoms with Crippen LogP contribution in [0.25, 0.3) is 16.9 Å². The van der Waals surface area contributed by atoms with Crippen LogP contribution >= 0.6 is 0 Å². The van der Waals surface area contributed by atoms with Gasteiger partial charge in [-0.05, 0) is 75.6 Å². The van der Waals surface area contributed by atoms with Gasteiger partial charge >= 0.3 is 0 Å². The number of aliphatic hydroxyl groups is 1. The van der Waals surface area contributed by atoms with Crippen molar-refractivity contribution in [1.29, 1.82) is 0 Å². The standard InChI is InChI=1S/C35H42N6O4/c1-5-9-31-29(19-23-12-17-27(24-10-7-6-8-11-24)28(18-23)30-20-32(42)39-38-30)33(43)40(34-36-21-37-41(31)34)25-13-15-26(16-14-25)45-22(2)35(3,4)44/h6-8,10-12,17-18,21-22,25-26,44H,5,9,13-16,19-20H2,1-4H3,(H,39,42). The van der Waals surface area contributed by atoms with Crippen LogP contribution in [-0.4, -0.2) is 53.7 Å². The molecule has 1 fully saturated rings. The van der Waals surface area contributed by atoms with Gasteiger partial charge in [0.15, 0.2) is 0 Å². The van der Waals surface area contributed by atoms with Crippen LogP contribution in [0, 0.1) is 0 Å². The SMILES string of the molecule is CCCc1c(Cc2ccc(-c3ccccc3)c(C3=NNC(=O)C3)c2)c(=O)n(C2CCC(OC(C)C(C)(C)O)CC2)c2ncnn12. The van der Waals surface area contributed by atoms with Gasteiger partial charge in [0.25, 0.3) is 5.56 Å². The fraction of sp³-hybridized carbons (Fsp3) is 0.457. The average molecular weight is 611 g/mol. The van der Waals surface area contributed by atoms with Crippen LogP contribution in [0.1, 0.15) is 94.6 Å². The highest BCUT2D eigenvalue weighted by atomic mass is 16.5. The van der Waals surface area contributed by atoms with Gasteiger partial charge in [-0.1, -0.05) is 55.8 Å². The molecule has 1 atom stereocenters. The van der Waals surface area contributed by atoms with Crippen LogP contribution < -0.4 is 11.0 Å². The number of nitrogens with zero attached hydrogens (tertiary/aromatic N) is 5. The van der Waals surface area contributed by atoms with Crippen LogP contribution in [0.2, 0.25) is 0 Å². The Morgan fingerprint density at radius 3 is 2.49 bits per heavy atom. The molecule has 2 aliphatic rings. The number of ether oxygens (including phenoxy) is 1. The van der Waals surface area contributed by atoms with Crippen molar-refractivity contribution in [2.75, 3.05) is 0 Å². The number of aryl methyl sites for hydroxylation is 1. The Labute approximate surface area is 263 Å². The normalized spacial score (nSPS) is 19.5. The van der Waals surface area contributed by atoms with Gasteiger partial charge in [-0.25, -0.2) is 9.94 Å². The minimum absolute atomic E-state index is 0.0306. The van der Waals surface area contributed by atoms with Gasteiger partial charge < -0.3 is 9.84 Å². The summed E-state index contributed by atoms with van der Waals surface area (Å²) in [5.74, 6) is 0.445. The molecule has 1 amide bonds. The second kappa shape index (κ2) is 12.7. The Hall–Kier alpha value is -4.15. The van der Waals surface area contributed by atoms with Crippen molar-refractivity contribution < 1.29 is 14.6 Å². The number of fused-ring (bicyclic) bond motifs is 1. The fourth-order valence-corrected chi connectivity index (χ4v) is 6.50. The number of hydrogen-bond acceptors (Lipinski definition) is 7. The molecule has 1 unspecified atom stereocenters. The van der Waals surface area contributed by atoms with Gasteiger partial charge in [0, 0.05) is 23.6 Å². The summed E-state index contributed by atoms with van der Waals surface area (Å²) < 4.78 is 9.89. The summed E-state index contributed by atoms with van der Waals surface area (Å²) in [6.45, 7) is 7.53. The Balaban J connectivity index is 1.37. The number of amides is 1. The number of rotatable bonds is 10. The smallest absolute Gasteiger partial charge is 0.259 e. The molecule has 1 aliphatic heterocycles. The molecule has 0 saturated heterocycles. The highest BCUT2D eigenvalue weighted by Crippen LogP contribution is 2.33. The van der Waals surface area contributed by atoms with Gasteiger partial charge in [-0.2, -0.15) is 15.2 Å². The molecular formula is C35H42N6O4. The lowest BCUT2D eigenvalue weighted by Crippen LogP contribution is -2.40. The molecule has 2 aromatic carbocycles. The van der Waals surface area contributed by atoms with E-state index in [0.29, 0.717) is 29.9 Å². The third-order valence-electron chi connectivity index (χ3n) is 9.22. The van der Waals surface area contributed by atoms with Crippen molar-refractivity contribution in [2.45, 2.75) is 103 Å². The van der Waals surface area contributed by atoms with E-state index in [1.54, 1.807) is 13.8 Å². The highest BCUT2D eigenvalue weighted by Gasteiger charge is 2.32. The van der Waals surface area contributed by atoms with Gasteiger partial charge in [-0.15, -0.1) is 0 Å². The van der Waals surface area contributed by atoms with Crippen LogP contribution in [0.4, 0.5) is 0 Å². The molecule has 0 bridgehead atoms. The number of aromatic nitrogens is 4. The summed E-state index contributed by atoms with van der Waals surface area (Å²) in [7, 11) is 0. The van der Waals surface area contributed by atoms with E-state index >= 15 is 0 Å². The second-order valence-corrected chi connectivity index (χ2v) is 12.9. The number of nitrogens with one attached hydrogen (secondary N) is 1. The third kappa shape index (κ3) is 6.35. The second-order valence-electron chi connectivity index (χ2n) is 12.9. The topological polar surface area (TPSA) is 123 Å². The van der Waals surface area contributed by atoms with Crippen molar-refractivity contribution >= 4 is 17.4 Å². The van der Waals surface area contributed by atoms with Crippen molar-refractivity contribution in [3.05, 3.63) is 87.6 Å². The zero-order valence-electron chi connectivity index (χ0n) is 26.5. The van der Waals surface area contributed by atoms with Crippen LogP contribution in [0.15, 0.2) is 64.8 Å². The first-order valence-electron chi connectivity index (χ1n) is 16.0.